The third-order valence-electron chi connectivity index (χ3n) is 12.7. The lowest BCUT2D eigenvalue weighted by molar-refractivity contribution is -0.220. The molecule has 1 fully saturated rings. The predicted octanol–water partition coefficient (Wildman–Crippen LogP) is 10.1. The van der Waals surface area contributed by atoms with E-state index >= 15 is 0 Å². The Hall–Kier alpha value is -1.48. The van der Waals surface area contributed by atoms with E-state index in [2.05, 4.69) is 43.5 Å². The summed E-state index contributed by atoms with van der Waals surface area (Å²) >= 11 is 0. The average molecular weight is 960 g/mol. The maximum atomic E-state index is 13.0. The summed E-state index contributed by atoms with van der Waals surface area (Å²) in [6, 6.07) is -1.24. The number of phosphoric acid groups is 1. The molecule has 0 aromatic carbocycles. The number of allylic oxidation sites excluding steroid dienone is 5. The van der Waals surface area contributed by atoms with Crippen LogP contribution in [0.1, 0.15) is 226 Å². The minimum absolute atomic E-state index is 0.254. The molecule has 0 saturated heterocycles. The molecule has 0 aromatic rings. The van der Waals surface area contributed by atoms with E-state index in [0.29, 0.717) is 12.8 Å². The van der Waals surface area contributed by atoms with Crippen molar-refractivity contribution < 1.29 is 59.0 Å². The number of hydrogen-bond donors (Lipinski definition) is 9. The molecular formula is C52H98NO12P. The molecule has 66 heavy (non-hydrogen) atoms. The number of phosphoric ester groups is 1. The fourth-order valence-corrected chi connectivity index (χ4v) is 9.36. The zero-order chi connectivity index (χ0) is 48.7. The molecule has 0 spiro atoms. The van der Waals surface area contributed by atoms with E-state index in [1.165, 1.54) is 134 Å². The minimum atomic E-state index is -5.15. The minimum Gasteiger partial charge on any atom is -0.393 e. The second-order valence-corrected chi connectivity index (χ2v) is 20.3. The van der Waals surface area contributed by atoms with Crippen molar-refractivity contribution in [2.45, 2.75) is 281 Å². The first-order chi connectivity index (χ1) is 31.8. The van der Waals surface area contributed by atoms with Gasteiger partial charge in [0.05, 0.1) is 31.3 Å². The van der Waals surface area contributed by atoms with Crippen LogP contribution in [-0.4, -0.2) is 108 Å². The first-order valence-electron chi connectivity index (χ1n) is 26.5. The Morgan fingerprint density at radius 2 is 0.924 bits per heavy atom. The van der Waals surface area contributed by atoms with Crippen molar-refractivity contribution in [3.05, 3.63) is 36.5 Å². The van der Waals surface area contributed by atoms with Gasteiger partial charge in [-0.25, -0.2) is 4.57 Å². The third kappa shape index (κ3) is 32.4. The molecule has 1 saturated carbocycles. The molecule has 13 nitrogen and oxygen atoms in total. The highest BCUT2D eigenvalue weighted by atomic mass is 31.2. The van der Waals surface area contributed by atoms with Crippen LogP contribution in [0.25, 0.3) is 0 Å². The molecule has 1 aliphatic rings. The van der Waals surface area contributed by atoms with E-state index in [4.69, 9.17) is 9.05 Å². The van der Waals surface area contributed by atoms with Crippen LogP contribution in [0.3, 0.4) is 0 Å². The van der Waals surface area contributed by atoms with Crippen molar-refractivity contribution in [2.24, 2.45) is 0 Å². The summed E-state index contributed by atoms with van der Waals surface area (Å²) in [6.45, 7) is 3.76. The molecule has 9 N–H and O–H groups in total. The van der Waals surface area contributed by atoms with Gasteiger partial charge in [0.1, 0.15) is 36.6 Å². The van der Waals surface area contributed by atoms with Gasteiger partial charge in [-0.05, 0) is 51.4 Å². The summed E-state index contributed by atoms with van der Waals surface area (Å²) in [7, 11) is -5.15. The lowest BCUT2D eigenvalue weighted by atomic mass is 9.85. The standard InChI is InChI=1S/C52H98NO12P/c1-3-5-7-9-11-13-15-17-19-20-21-22-23-24-26-27-29-31-33-35-37-39-43(54)41-46(56)53-44(42-64-66(62,63)65-52-50(60)48(58)47(57)49(59)51(52)61)45(55)40-38-36-34-32-30-28-25-18-16-14-12-10-8-6-4-2/h21-22,24,26,38,40,43-45,47-52,54-55,57-61H,3-20,23,25,27-37,39,41-42H2,1-2H3,(H,53,56)(H,62,63)/b22-21-,26-24-,40-38+. The Morgan fingerprint density at radius 3 is 1.36 bits per heavy atom. The number of rotatable bonds is 44. The first kappa shape index (κ1) is 62.5. The van der Waals surface area contributed by atoms with E-state index < -0.39 is 75.2 Å². The Morgan fingerprint density at radius 1 is 0.545 bits per heavy atom. The number of aliphatic hydroxyl groups is 7. The summed E-state index contributed by atoms with van der Waals surface area (Å²) in [5.41, 5.74) is 0. The van der Waals surface area contributed by atoms with E-state index in [1.807, 2.05) is 0 Å². The summed E-state index contributed by atoms with van der Waals surface area (Å²) in [6.07, 6.45) is 35.1. The molecular weight excluding hydrogens is 862 g/mol. The number of hydrogen-bond acceptors (Lipinski definition) is 11. The van der Waals surface area contributed by atoms with Crippen molar-refractivity contribution in [2.75, 3.05) is 6.61 Å². The zero-order valence-corrected chi connectivity index (χ0v) is 42.3. The third-order valence-corrected chi connectivity index (χ3v) is 13.7. The van der Waals surface area contributed by atoms with Gasteiger partial charge in [-0.15, -0.1) is 0 Å². The molecule has 0 bridgehead atoms. The van der Waals surface area contributed by atoms with Crippen LogP contribution in [0.15, 0.2) is 36.5 Å². The van der Waals surface area contributed by atoms with Gasteiger partial charge < -0.3 is 46.0 Å². The quantitative estimate of drug-likeness (QED) is 0.0158. The molecule has 1 rings (SSSR count). The van der Waals surface area contributed by atoms with Crippen LogP contribution in [0.4, 0.5) is 0 Å². The van der Waals surface area contributed by atoms with Crippen molar-refractivity contribution in [1.82, 2.24) is 5.32 Å². The zero-order valence-electron chi connectivity index (χ0n) is 41.4. The molecule has 8 atom stereocenters. The highest BCUT2D eigenvalue weighted by molar-refractivity contribution is 7.47. The van der Waals surface area contributed by atoms with Crippen LogP contribution in [0, 0.1) is 0 Å². The van der Waals surface area contributed by atoms with Gasteiger partial charge in [0.25, 0.3) is 0 Å². The molecule has 1 aliphatic carbocycles. The summed E-state index contributed by atoms with van der Waals surface area (Å²) < 4.78 is 22.9. The molecule has 14 heteroatoms. The van der Waals surface area contributed by atoms with Crippen LogP contribution in [0.2, 0.25) is 0 Å². The number of nitrogens with one attached hydrogen (secondary N) is 1. The highest BCUT2D eigenvalue weighted by Gasteiger charge is 2.51. The fraction of sp³-hybridized carbons (Fsp3) is 0.865. The number of carbonyl (C=O) groups excluding carboxylic acids is 1. The van der Waals surface area contributed by atoms with Crippen molar-refractivity contribution >= 4 is 13.7 Å². The number of aliphatic hydroxyl groups excluding tert-OH is 7. The van der Waals surface area contributed by atoms with E-state index in [-0.39, 0.29) is 6.42 Å². The molecule has 8 unspecified atom stereocenters. The smallest absolute Gasteiger partial charge is 0.393 e. The summed E-state index contributed by atoms with van der Waals surface area (Å²) in [4.78, 5) is 23.5. The molecule has 1 amide bonds. The maximum Gasteiger partial charge on any atom is 0.472 e. The molecule has 388 valence electrons. The van der Waals surface area contributed by atoms with Gasteiger partial charge in [0.15, 0.2) is 0 Å². The molecule has 0 aromatic heterocycles. The normalized spacial score (nSPS) is 22.6. The van der Waals surface area contributed by atoms with Gasteiger partial charge in [0, 0.05) is 0 Å². The summed E-state index contributed by atoms with van der Waals surface area (Å²) in [5.74, 6) is -0.600. The monoisotopic (exact) mass is 960 g/mol. The van der Waals surface area contributed by atoms with Crippen LogP contribution in [0.5, 0.6) is 0 Å². The SMILES string of the molecule is CCCCCCCCCCC/C=C\C/C=C\CCCCCCCC(O)CC(=O)NC(COP(=O)(O)OC1C(O)C(O)C(O)C(O)C1O)C(O)/C=C/CCCCCCCCCCCCCCC. The van der Waals surface area contributed by atoms with Gasteiger partial charge in [-0.1, -0.05) is 204 Å². The van der Waals surface area contributed by atoms with Crippen molar-refractivity contribution in [3.8, 4) is 0 Å². The van der Waals surface area contributed by atoms with Crippen LogP contribution >= 0.6 is 7.82 Å². The lowest BCUT2D eigenvalue weighted by Crippen LogP contribution is -2.64. The largest absolute Gasteiger partial charge is 0.472 e. The van der Waals surface area contributed by atoms with Crippen molar-refractivity contribution in [1.29, 1.82) is 0 Å². The number of carbonyl (C=O) groups is 1. The number of amides is 1. The van der Waals surface area contributed by atoms with Crippen LogP contribution < -0.4 is 5.32 Å². The van der Waals surface area contributed by atoms with E-state index in [9.17, 15) is 50.0 Å². The average Bonchev–Trinajstić information content (AvgIpc) is 3.29. The molecule has 0 aliphatic heterocycles. The van der Waals surface area contributed by atoms with Gasteiger partial charge in [0.2, 0.25) is 5.91 Å². The van der Waals surface area contributed by atoms with Crippen LogP contribution in [-0.2, 0) is 18.4 Å². The van der Waals surface area contributed by atoms with E-state index in [1.54, 1.807) is 6.08 Å². The summed E-state index contributed by atoms with van der Waals surface area (Å²) in [5, 5.41) is 74.7. The second kappa shape index (κ2) is 41.3. The second-order valence-electron chi connectivity index (χ2n) is 18.9. The maximum absolute atomic E-state index is 13.0. The molecule has 0 radical (unpaired) electrons. The van der Waals surface area contributed by atoms with Crippen molar-refractivity contribution in [3.63, 3.8) is 0 Å². The Bertz CT molecular complexity index is 1270. The number of unbranched alkanes of at least 4 members (excludes halogenated alkanes) is 27. The van der Waals surface area contributed by atoms with Gasteiger partial charge >= 0.3 is 7.82 Å². The fourth-order valence-electron chi connectivity index (χ4n) is 8.39. The highest BCUT2D eigenvalue weighted by Crippen LogP contribution is 2.47. The first-order valence-corrected chi connectivity index (χ1v) is 28.0. The topological polar surface area (TPSA) is 226 Å². The predicted molar refractivity (Wildman–Crippen MR) is 266 cm³/mol. The molecule has 0 heterocycles. The Kier molecular flexibility index (Phi) is 39.1. The lowest BCUT2D eigenvalue weighted by Gasteiger charge is -2.41. The van der Waals surface area contributed by atoms with Gasteiger partial charge in [-0.3, -0.25) is 13.8 Å². The van der Waals surface area contributed by atoms with E-state index in [0.717, 1.165) is 64.2 Å². The van der Waals surface area contributed by atoms with Gasteiger partial charge in [-0.2, -0.15) is 0 Å². The Balaban J connectivity index is 2.47. The Labute approximate surface area is 400 Å².